The largest absolute Gasteiger partial charge is 0.511 e. The molecule has 3 aromatic rings. The molecule has 0 radical (unpaired) electrons. The summed E-state index contributed by atoms with van der Waals surface area (Å²) in [6.07, 6.45) is -0.324. The molecule has 0 aliphatic rings. The third-order valence-corrected chi connectivity index (χ3v) is 3.84. The van der Waals surface area contributed by atoms with E-state index in [9.17, 15) is 14.0 Å². The summed E-state index contributed by atoms with van der Waals surface area (Å²) < 4.78 is 19.9. The number of halogens is 1. The van der Waals surface area contributed by atoms with Crippen LogP contribution in [0.5, 0.6) is 5.75 Å². The van der Waals surface area contributed by atoms with Crippen LogP contribution in [-0.4, -0.2) is 34.8 Å². The van der Waals surface area contributed by atoms with E-state index in [1.54, 1.807) is 0 Å². The molecule has 0 fully saturated rings. The number of rotatable bonds is 4. The molecule has 0 unspecified atom stereocenters. The average molecular weight is 356 g/mol. The summed E-state index contributed by atoms with van der Waals surface area (Å²) in [4.78, 5) is 25.3. The van der Waals surface area contributed by atoms with Gasteiger partial charge in [0.25, 0.3) is 0 Å². The quantitative estimate of drug-likeness (QED) is 0.727. The van der Waals surface area contributed by atoms with E-state index >= 15 is 0 Å². The van der Waals surface area contributed by atoms with Crippen LogP contribution in [0.25, 0.3) is 16.6 Å². The molecule has 7 heteroatoms. The molecule has 0 aliphatic heterocycles. The molecular weight excluding hydrogens is 339 g/mol. The van der Waals surface area contributed by atoms with Crippen LogP contribution in [0.4, 0.5) is 9.18 Å². The summed E-state index contributed by atoms with van der Waals surface area (Å²) in [6, 6.07) is 11.2. The molecule has 1 heterocycles. The fourth-order valence-electron chi connectivity index (χ4n) is 2.78. The van der Waals surface area contributed by atoms with E-state index in [0.29, 0.717) is 11.2 Å². The SMILES string of the molecule is CN(C)Cc1ccc(-n2cc(OC(=O)O)c(=O)c3ccc(F)cc32)cc1. The molecule has 2 aromatic carbocycles. The zero-order chi connectivity index (χ0) is 18.8. The van der Waals surface area contributed by atoms with Crippen LogP contribution in [0.2, 0.25) is 0 Å². The number of ether oxygens (including phenoxy) is 1. The summed E-state index contributed by atoms with van der Waals surface area (Å²) in [5, 5.41) is 9.02. The monoisotopic (exact) mass is 356 g/mol. The van der Waals surface area contributed by atoms with Crippen molar-refractivity contribution >= 4 is 17.1 Å². The number of hydrogen-bond donors (Lipinski definition) is 1. The number of pyridine rings is 1. The molecule has 1 aromatic heterocycles. The van der Waals surface area contributed by atoms with Gasteiger partial charge in [0.15, 0.2) is 5.75 Å². The van der Waals surface area contributed by atoms with Crippen LogP contribution in [0.1, 0.15) is 5.56 Å². The minimum Gasteiger partial charge on any atom is -0.449 e. The van der Waals surface area contributed by atoms with E-state index < -0.39 is 17.4 Å². The predicted molar refractivity (Wildman–Crippen MR) is 95.5 cm³/mol. The van der Waals surface area contributed by atoms with Crippen LogP contribution >= 0.6 is 0 Å². The van der Waals surface area contributed by atoms with Gasteiger partial charge in [-0.3, -0.25) is 4.79 Å². The van der Waals surface area contributed by atoms with Crippen molar-refractivity contribution in [2.45, 2.75) is 6.54 Å². The highest BCUT2D eigenvalue weighted by Gasteiger charge is 2.14. The number of aromatic nitrogens is 1. The first-order chi connectivity index (χ1) is 12.3. The average Bonchev–Trinajstić information content (AvgIpc) is 2.57. The molecule has 0 amide bonds. The maximum absolute atomic E-state index is 13.7. The van der Waals surface area contributed by atoms with Crippen molar-refractivity contribution in [3.8, 4) is 11.4 Å². The Balaban J connectivity index is 2.20. The van der Waals surface area contributed by atoms with Crippen molar-refractivity contribution < 1.29 is 19.0 Å². The van der Waals surface area contributed by atoms with Gasteiger partial charge < -0.3 is 19.3 Å². The van der Waals surface area contributed by atoms with Gasteiger partial charge in [-0.15, -0.1) is 0 Å². The van der Waals surface area contributed by atoms with E-state index in [0.717, 1.165) is 18.2 Å². The first kappa shape index (κ1) is 17.6. The summed E-state index contributed by atoms with van der Waals surface area (Å²) in [7, 11) is 3.92. The molecule has 0 bridgehead atoms. The zero-order valence-electron chi connectivity index (χ0n) is 14.3. The van der Waals surface area contributed by atoms with E-state index in [-0.39, 0.29) is 11.1 Å². The third kappa shape index (κ3) is 3.57. The second-order valence-corrected chi connectivity index (χ2v) is 6.13. The molecule has 0 saturated heterocycles. The van der Waals surface area contributed by atoms with Crippen LogP contribution in [0, 0.1) is 5.82 Å². The Bertz CT molecular complexity index is 1030. The Morgan fingerprint density at radius 1 is 1.19 bits per heavy atom. The van der Waals surface area contributed by atoms with Crippen LogP contribution in [0.15, 0.2) is 53.5 Å². The van der Waals surface area contributed by atoms with Crippen molar-refractivity contribution in [1.29, 1.82) is 0 Å². The molecule has 0 saturated carbocycles. The fraction of sp³-hybridized carbons (Fsp3) is 0.158. The first-order valence-electron chi connectivity index (χ1n) is 7.85. The predicted octanol–water partition coefficient (Wildman–Crippen LogP) is 3.25. The molecule has 134 valence electrons. The molecule has 6 nitrogen and oxygen atoms in total. The Morgan fingerprint density at radius 2 is 1.88 bits per heavy atom. The highest BCUT2D eigenvalue weighted by Crippen LogP contribution is 2.22. The summed E-state index contributed by atoms with van der Waals surface area (Å²) in [6.45, 7) is 0.757. The second kappa shape index (κ2) is 6.97. The molecule has 3 rings (SSSR count). The van der Waals surface area contributed by atoms with Crippen molar-refractivity contribution in [2.75, 3.05) is 14.1 Å². The first-order valence-corrected chi connectivity index (χ1v) is 7.85. The third-order valence-electron chi connectivity index (χ3n) is 3.84. The van der Waals surface area contributed by atoms with E-state index in [2.05, 4.69) is 4.74 Å². The Labute approximate surface area is 148 Å². The number of hydrogen-bond acceptors (Lipinski definition) is 4. The van der Waals surface area contributed by atoms with Gasteiger partial charge >= 0.3 is 6.16 Å². The van der Waals surface area contributed by atoms with Gasteiger partial charge in [-0.25, -0.2) is 9.18 Å². The Morgan fingerprint density at radius 3 is 2.50 bits per heavy atom. The molecular formula is C19H17FN2O4. The normalized spacial score (nSPS) is 11.1. The molecule has 0 spiro atoms. The molecule has 1 N–H and O–H groups in total. The molecule has 0 aliphatic carbocycles. The number of fused-ring (bicyclic) bond motifs is 1. The summed E-state index contributed by atoms with van der Waals surface area (Å²) >= 11 is 0. The fourth-order valence-corrected chi connectivity index (χ4v) is 2.78. The molecule has 0 atom stereocenters. The summed E-state index contributed by atoms with van der Waals surface area (Å²) in [5.41, 5.74) is 1.45. The lowest BCUT2D eigenvalue weighted by Crippen LogP contribution is -2.16. The van der Waals surface area contributed by atoms with E-state index in [1.807, 2.05) is 43.3 Å². The zero-order valence-corrected chi connectivity index (χ0v) is 14.3. The standard InChI is InChI=1S/C19H17FN2O4/c1-21(2)10-12-3-6-14(7-4-12)22-11-17(26-19(24)25)18(23)15-8-5-13(20)9-16(15)22/h3-9,11H,10H2,1-2H3,(H,24,25). The van der Waals surface area contributed by atoms with Crippen LogP contribution in [-0.2, 0) is 6.54 Å². The van der Waals surface area contributed by atoms with Crippen molar-refractivity contribution in [1.82, 2.24) is 9.47 Å². The number of carbonyl (C=O) groups is 1. The van der Waals surface area contributed by atoms with Gasteiger partial charge in [0, 0.05) is 12.2 Å². The van der Waals surface area contributed by atoms with Gasteiger partial charge in [0.2, 0.25) is 5.43 Å². The van der Waals surface area contributed by atoms with Crippen LogP contribution in [0.3, 0.4) is 0 Å². The topological polar surface area (TPSA) is 71.8 Å². The van der Waals surface area contributed by atoms with Crippen molar-refractivity contribution in [2.24, 2.45) is 0 Å². The highest BCUT2D eigenvalue weighted by atomic mass is 19.1. The molecule has 26 heavy (non-hydrogen) atoms. The lowest BCUT2D eigenvalue weighted by Gasteiger charge is -2.14. The minimum absolute atomic E-state index is 0.169. The highest BCUT2D eigenvalue weighted by molar-refractivity contribution is 5.82. The van der Waals surface area contributed by atoms with Gasteiger partial charge in [-0.2, -0.15) is 0 Å². The van der Waals surface area contributed by atoms with Gasteiger partial charge in [-0.1, -0.05) is 12.1 Å². The van der Waals surface area contributed by atoms with E-state index in [4.69, 9.17) is 5.11 Å². The van der Waals surface area contributed by atoms with Crippen molar-refractivity contribution in [3.05, 3.63) is 70.3 Å². The number of nitrogens with zero attached hydrogens (tertiary/aromatic N) is 2. The van der Waals surface area contributed by atoms with Gasteiger partial charge in [0.05, 0.1) is 17.1 Å². The maximum atomic E-state index is 13.7. The van der Waals surface area contributed by atoms with Gasteiger partial charge in [0.1, 0.15) is 5.82 Å². The Kier molecular flexibility index (Phi) is 4.73. The summed E-state index contributed by atoms with van der Waals surface area (Å²) in [5.74, 6) is -0.837. The number of carboxylic acid groups (broad SMARTS) is 1. The lowest BCUT2D eigenvalue weighted by molar-refractivity contribution is 0.144. The minimum atomic E-state index is -1.59. The smallest absolute Gasteiger partial charge is 0.449 e. The number of benzene rings is 2. The van der Waals surface area contributed by atoms with Crippen LogP contribution < -0.4 is 10.2 Å². The van der Waals surface area contributed by atoms with Gasteiger partial charge in [-0.05, 0) is 50.0 Å². The lowest BCUT2D eigenvalue weighted by atomic mass is 10.1. The van der Waals surface area contributed by atoms with Crippen molar-refractivity contribution in [3.63, 3.8) is 0 Å². The maximum Gasteiger partial charge on any atom is 0.511 e. The van der Waals surface area contributed by atoms with E-state index in [1.165, 1.54) is 22.9 Å². The second-order valence-electron chi connectivity index (χ2n) is 6.13. The Hall–Kier alpha value is -3.19.